The van der Waals surface area contributed by atoms with Crippen LogP contribution in [0.4, 0.5) is 11.8 Å². The summed E-state index contributed by atoms with van der Waals surface area (Å²) < 4.78 is 5.63. The molecule has 0 aliphatic carbocycles. The van der Waals surface area contributed by atoms with Gasteiger partial charge in [-0.2, -0.15) is 0 Å². The molecule has 1 unspecified atom stereocenters. The van der Waals surface area contributed by atoms with E-state index in [0.29, 0.717) is 0 Å². The van der Waals surface area contributed by atoms with E-state index in [1.54, 1.807) is 6.26 Å². The van der Waals surface area contributed by atoms with E-state index in [1.165, 1.54) is 0 Å². The number of nitrogens with zero attached hydrogens (tertiary/aromatic N) is 5. The molecular weight excluding hydrogens is 500 g/mol. The number of piperidine rings is 1. The number of aryl methyl sites for hydroxylation is 2. The second kappa shape index (κ2) is 11.1. The molecular formula is C32H34N6O2. The van der Waals surface area contributed by atoms with E-state index >= 15 is 0 Å². The molecule has 0 radical (unpaired) electrons. The minimum atomic E-state index is -0.216. The monoisotopic (exact) mass is 534 g/mol. The van der Waals surface area contributed by atoms with Crippen LogP contribution in [0.5, 0.6) is 0 Å². The van der Waals surface area contributed by atoms with Crippen LogP contribution in [-0.2, 0) is 6.42 Å². The molecule has 1 aliphatic heterocycles. The smallest absolute Gasteiger partial charge is 0.225 e. The Morgan fingerprint density at radius 2 is 1.80 bits per heavy atom. The van der Waals surface area contributed by atoms with Crippen molar-refractivity contribution in [2.24, 2.45) is 0 Å². The van der Waals surface area contributed by atoms with Crippen LogP contribution in [0.1, 0.15) is 49.7 Å². The average Bonchev–Trinajstić information content (AvgIpc) is 3.37. The van der Waals surface area contributed by atoms with E-state index in [1.807, 2.05) is 30.6 Å². The van der Waals surface area contributed by atoms with Crippen LogP contribution < -0.4 is 10.2 Å². The first-order valence-electron chi connectivity index (χ1n) is 13.9. The first kappa shape index (κ1) is 26.0. The van der Waals surface area contributed by atoms with E-state index < -0.39 is 0 Å². The van der Waals surface area contributed by atoms with Gasteiger partial charge in [-0.25, -0.2) is 19.9 Å². The minimum Gasteiger partial charge on any atom is -0.464 e. The van der Waals surface area contributed by atoms with E-state index in [9.17, 15) is 5.11 Å². The van der Waals surface area contributed by atoms with Crippen LogP contribution >= 0.6 is 0 Å². The fourth-order valence-electron chi connectivity index (χ4n) is 5.18. The van der Waals surface area contributed by atoms with Crippen molar-refractivity contribution in [3.63, 3.8) is 0 Å². The lowest BCUT2D eigenvalue weighted by Crippen LogP contribution is -2.36. The number of rotatable bonds is 7. The third-order valence-electron chi connectivity index (χ3n) is 7.62. The van der Waals surface area contributed by atoms with Gasteiger partial charge in [0.05, 0.1) is 18.1 Å². The number of benzene rings is 2. The second-order valence-corrected chi connectivity index (χ2v) is 10.5. The van der Waals surface area contributed by atoms with Gasteiger partial charge in [-0.1, -0.05) is 25.1 Å². The molecule has 2 N–H and O–H groups in total. The molecule has 1 atom stereocenters. The summed E-state index contributed by atoms with van der Waals surface area (Å²) in [4.78, 5) is 21.0. The quantitative estimate of drug-likeness (QED) is 0.249. The van der Waals surface area contributed by atoms with Crippen molar-refractivity contribution < 1.29 is 9.52 Å². The molecule has 6 rings (SSSR count). The van der Waals surface area contributed by atoms with Crippen LogP contribution in [0.2, 0.25) is 0 Å². The summed E-state index contributed by atoms with van der Waals surface area (Å²) in [6.45, 7) is 7.82. The molecule has 0 bridgehead atoms. The number of hydrogen-bond donors (Lipinski definition) is 2. The lowest BCUT2D eigenvalue weighted by atomic mass is 10.0. The topological polar surface area (TPSA) is 100 Å². The first-order chi connectivity index (χ1) is 19.5. The number of aliphatic hydroxyl groups excluding tert-OH is 1. The van der Waals surface area contributed by atoms with Crippen molar-refractivity contribution in [1.82, 2.24) is 19.9 Å². The fraction of sp³-hybridized carbons (Fsp3) is 0.312. The highest BCUT2D eigenvalue weighted by Crippen LogP contribution is 2.30. The number of fused-ring (bicyclic) bond motifs is 1. The van der Waals surface area contributed by atoms with E-state index in [2.05, 4.69) is 71.3 Å². The van der Waals surface area contributed by atoms with Crippen molar-refractivity contribution in [2.75, 3.05) is 23.3 Å². The highest BCUT2D eigenvalue weighted by atomic mass is 16.3. The lowest BCUT2D eigenvalue weighted by molar-refractivity contribution is 0.145. The molecule has 0 spiro atoms. The number of aromatic nitrogens is 4. The van der Waals surface area contributed by atoms with Gasteiger partial charge in [0.1, 0.15) is 17.2 Å². The van der Waals surface area contributed by atoms with Crippen molar-refractivity contribution in [3.8, 4) is 22.4 Å². The molecule has 8 heteroatoms. The molecule has 0 saturated carbocycles. The van der Waals surface area contributed by atoms with Gasteiger partial charge in [0, 0.05) is 60.5 Å². The molecule has 3 aromatic heterocycles. The van der Waals surface area contributed by atoms with Gasteiger partial charge in [-0.15, -0.1) is 0 Å². The molecule has 204 valence electrons. The predicted octanol–water partition coefficient (Wildman–Crippen LogP) is 6.35. The molecule has 1 fully saturated rings. The Labute approximate surface area is 234 Å². The summed E-state index contributed by atoms with van der Waals surface area (Å²) in [6.07, 6.45) is 7.59. The highest BCUT2D eigenvalue weighted by Gasteiger charge is 2.19. The Bertz CT molecular complexity index is 1620. The normalized spacial score (nSPS) is 14.9. The summed E-state index contributed by atoms with van der Waals surface area (Å²) in [5, 5.41) is 14.5. The van der Waals surface area contributed by atoms with Gasteiger partial charge < -0.3 is 19.7 Å². The Morgan fingerprint density at radius 3 is 2.58 bits per heavy atom. The number of furan rings is 1. The lowest BCUT2D eigenvalue weighted by Gasteiger charge is -2.29. The van der Waals surface area contributed by atoms with Crippen molar-refractivity contribution >= 4 is 22.7 Å². The standard InChI is InChI=1S/C32H34N6O2/c1-4-30-36-28(24-8-9-29-27(15-24)20(2)19-40-29)16-31(37-30)35-21(3)22-6-5-7-23(14-22)25-17-33-32(34-18-25)38-12-10-26(39)11-13-38/h5-9,14-19,21,26,39H,4,10-13H2,1-3H3,(H,35,36,37). The maximum absolute atomic E-state index is 9.78. The van der Waals surface area contributed by atoms with Crippen molar-refractivity contribution in [1.29, 1.82) is 0 Å². The first-order valence-corrected chi connectivity index (χ1v) is 13.9. The van der Waals surface area contributed by atoms with E-state index in [-0.39, 0.29) is 12.1 Å². The van der Waals surface area contributed by atoms with Crippen LogP contribution in [-0.4, -0.2) is 44.2 Å². The highest BCUT2D eigenvalue weighted by molar-refractivity contribution is 5.85. The van der Waals surface area contributed by atoms with Crippen LogP contribution in [0.15, 0.2) is 71.6 Å². The van der Waals surface area contributed by atoms with Crippen LogP contribution in [0, 0.1) is 6.92 Å². The number of hydrogen-bond acceptors (Lipinski definition) is 8. The Hall–Kier alpha value is -4.30. The van der Waals surface area contributed by atoms with Gasteiger partial charge in [0.25, 0.3) is 0 Å². The van der Waals surface area contributed by atoms with Gasteiger partial charge >= 0.3 is 0 Å². The fourth-order valence-corrected chi connectivity index (χ4v) is 5.18. The average molecular weight is 535 g/mol. The van der Waals surface area contributed by atoms with E-state index in [0.717, 1.165) is 94.4 Å². The number of anilines is 2. The minimum absolute atomic E-state index is 0.0194. The SMILES string of the molecule is CCc1nc(NC(C)c2cccc(-c3cnc(N4CCC(O)CC4)nc3)c2)cc(-c2ccc3occ(C)c3c2)n1. The molecule has 0 amide bonds. The molecule has 2 aromatic carbocycles. The molecule has 8 nitrogen and oxygen atoms in total. The van der Waals surface area contributed by atoms with Crippen LogP contribution in [0.3, 0.4) is 0 Å². The molecule has 1 aliphatic rings. The zero-order valence-electron chi connectivity index (χ0n) is 23.1. The molecule has 5 aromatic rings. The van der Waals surface area contributed by atoms with Gasteiger partial charge in [0.15, 0.2) is 0 Å². The number of aliphatic hydroxyl groups is 1. The Morgan fingerprint density at radius 1 is 1.00 bits per heavy atom. The third-order valence-corrected chi connectivity index (χ3v) is 7.62. The maximum Gasteiger partial charge on any atom is 0.225 e. The van der Waals surface area contributed by atoms with Gasteiger partial charge in [-0.05, 0) is 67.6 Å². The zero-order valence-corrected chi connectivity index (χ0v) is 23.1. The van der Waals surface area contributed by atoms with Gasteiger partial charge in [-0.3, -0.25) is 0 Å². The molecule has 1 saturated heterocycles. The Balaban J connectivity index is 1.21. The summed E-state index contributed by atoms with van der Waals surface area (Å²) in [6, 6.07) is 16.7. The third kappa shape index (κ3) is 5.40. The molecule has 40 heavy (non-hydrogen) atoms. The predicted molar refractivity (Wildman–Crippen MR) is 158 cm³/mol. The zero-order chi connectivity index (χ0) is 27.6. The summed E-state index contributed by atoms with van der Waals surface area (Å²) in [7, 11) is 0. The second-order valence-electron chi connectivity index (χ2n) is 10.5. The van der Waals surface area contributed by atoms with E-state index in [4.69, 9.17) is 14.4 Å². The van der Waals surface area contributed by atoms with Crippen molar-refractivity contribution in [2.45, 2.75) is 52.2 Å². The summed E-state index contributed by atoms with van der Waals surface area (Å²) >= 11 is 0. The Kier molecular flexibility index (Phi) is 7.17. The van der Waals surface area contributed by atoms with Crippen molar-refractivity contribution in [3.05, 3.63) is 84.1 Å². The summed E-state index contributed by atoms with van der Waals surface area (Å²) in [5.74, 6) is 2.31. The largest absolute Gasteiger partial charge is 0.464 e. The molecule has 4 heterocycles. The summed E-state index contributed by atoms with van der Waals surface area (Å²) in [5.41, 5.74) is 7.09. The maximum atomic E-state index is 9.78. The number of nitrogens with one attached hydrogen (secondary N) is 1. The van der Waals surface area contributed by atoms with Crippen LogP contribution in [0.25, 0.3) is 33.4 Å². The van der Waals surface area contributed by atoms with Gasteiger partial charge in [0.2, 0.25) is 5.95 Å².